The predicted molar refractivity (Wildman–Crippen MR) is 72.2 cm³/mol. The van der Waals surface area contributed by atoms with Gasteiger partial charge in [-0.1, -0.05) is 0 Å². The van der Waals surface area contributed by atoms with Crippen molar-refractivity contribution in [1.82, 2.24) is 4.98 Å². The third-order valence-corrected chi connectivity index (χ3v) is 3.93. The van der Waals surface area contributed by atoms with Crippen LogP contribution in [0.5, 0.6) is 0 Å². The van der Waals surface area contributed by atoms with Gasteiger partial charge in [0.15, 0.2) is 5.78 Å². The molecule has 17 heavy (non-hydrogen) atoms. The minimum atomic E-state index is 0.0939. The van der Waals surface area contributed by atoms with Crippen LogP contribution in [0.25, 0.3) is 0 Å². The lowest BCUT2D eigenvalue weighted by Gasteiger charge is -2.01. The second kappa shape index (κ2) is 5.53. The summed E-state index contributed by atoms with van der Waals surface area (Å²) in [6.07, 6.45) is 2.05. The Hall–Kier alpha value is -1.04. The number of carbonyl (C=O) groups excluding carboxylic acids is 1. The van der Waals surface area contributed by atoms with Gasteiger partial charge in [0.05, 0.1) is 9.48 Å². The van der Waals surface area contributed by atoms with Crippen molar-refractivity contribution in [2.45, 2.75) is 13.0 Å². The van der Waals surface area contributed by atoms with Gasteiger partial charge in [-0.2, -0.15) is 0 Å². The van der Waals surface area contributed by atoms with Crippen LogP contribution in [0.15, 0.2) is 34.2 Å². The van der Waals surface area contributed by atoms with Crippen LogP contribution in [0, 0.1) is 0 Å². The molecule has 0 spiro atoms. The van der Waals surface area contributed by atoms with Crippen LogP contribution in [0.2, 0.25) is 0 Å². The van der Waals surface area contributed by atoms with E-state index in [2.05, 4.69) is 20.9 Å². The van der Waals surface area contributed by atoms with E-state index in [1.165, 1.54) is 0 Å². The number of hydrogen-bond donors (Lipinski definition) is 1. The number of rotatable bonds is 4. The van der Waals surface area contributed by atoms with Crippen LogP contribution in [0.1, 0.15) is 20.9 Å². The Balaban J connectivity index is 2.14. The van der Waals surface area contributed by atoms with Crippen LogP contribution in [-0.4, -0.2) is 10.8 Å². The Bertz CT molecular complexity index is 539. The largest absolute Gasteiger partial charge is 0.325 e. The fraction of sp³-hybridized carbons (Fsp3) is 0.167. The molecule has 2 aromatic heterocycles. The summed E-state index contributed by atoms with van der Waals surface area (Å²) in [4.78, 5) is 17.1. The monoisotopic (exact) mass is 310 g/mol. The van der Waals surface area contributed by atoms with Gasteiger partial charge in [-0.3, -0.25) is 9.78 Å². The summed E-state index contributed by atoms with van der Waals surface area (Å²) < 4.78 is 1.04. The normalized spacial score (nSPS) is 10.5. The minimum absolute atomic E-state index is 0.0939. The van der Waals surface area contributed by atoms with Crippen molar-refractivity contribution < 1.29 is 4.79 Å². The molecule has 88 valence electrons. The number of Topliss-reactive ketones (excluding diaryl/α,β-unsaturated/α-hetero) is 1. The van der Waals surface area contributed by atoms with E-state index < -0.39 is 0 Å². The Morgan fingerprint density at radius 3 is 2.88 bits per heavy atom. The first-order valence-corrected chi connectivity index (χ1v) is 6.72. The van der Waals surface area contributed by atoms with Crippen molar-refractivity contribution in [3.05, 3.63) is 50.4 Å². The fourth-order valence-corrected chi connectivity index (χ4v) is 2.95. The van der Waals surface area contributed by atoms with Gasteiger partial charge in [0.25, 0.3) is 0 Å². The number of carbonyl (C=O) groups is 1. The first-order chi connectivity index (χ1) is 8.19. The summed E-state index contributed by atoms with van der Waals surface area (Å²) in [7, 11) is 0. The number of thiophene rings is 1. The lowest BCUT2D eigenvalue weighted by atomic mass is 10.1. The standard InChI is InChI=1S/C12H11BrN2OS/c13-12-2-1-10(17-12)6-11(16)8-3-4-15-9(5-8)7-14/h1-5H,6-7,14H2. The van der Waals surface area contributed by atoms with E-state index >= 15 is 0 Å². The molecule has 5 heteroatoms. The third kappa shape index (κ3) is 3.21. The molecule has 2 N–H and O–H groups in total. The molecule has 0 radical (unpaired) electrons. The van der Waals surface area contributed by atoms with Gasteiger partial charge in [-0.15, -0.1) is 11.3 Å². The highest BCUT2D eigenvalue weighted by atomic mass is 79.9. The van der Waals surface area contributed by atoms with E-state index in [1.807, 2.05) is 12.1 Å². The third-order valence-electron chi connectivity index (χ3n) is 2.31. The molecule has 0 aliphatic rings. The number of aromatic nitrogens is 1. The number of nitrogens with two attached hydrogens (primary N) is 1. The van der Waals surface area contributed by atoms with Crippen molar-refractivity contribution >= 4 is 33.0 Å². The molecule has 2 aromatic rings. The van der Waals surface area contributed by atoms with Crippen molar-refractivity contribution in [1.29, 1.82) is 0 Å². The van der Waals surface area contributed by atoms with E-state index in [0.29, 0.717) is 18.5 Å². The number of ketones is 1. The van der Waals surface area contributed by atoms with Crippen LogP contribution in [-0.2, 0) is 13.0 Å². The van der Waals surface area contributed by atoms with Crippen LogP contribution in [0.3, 0.4) is 0 Å². The van der Waals surface area contributed by atoms with Crippen molar-refractivity contribution in [2.75, 3.05) is 0 Å². The molecule has 0 unspecified atom stereocenters. The zero-order valence-corrected chi connectivity index (χ0v) is 11.4. The van der Waals surface area contributed by atoms with Gasteiger partial charge >= 0.3 is 0 Å². The molecule has 0 aliphatic heterocycles. The maximum atomic E-state index is 12.0. The zero-order valence-electron chi connectivity index (χ0n) is 9.02. The van der Waals surface area contributed by atoms with Gasteiger partial charge in [0.2, 0.25) is 0 Å². The van der Waals surface area contributed by atoms with Crippen molar-refractivity contribution in [3.8, 4) is 0 Å². The molecule has 0 saturated heterocycles. The summed E-state index contributed by atoms with van der Waals surface area (Å²) in [5.74, 6) is 0.0939. The summed E-state index contributed by atoms with van der Waals surface area (Å²) in [6.45, 7) is 0.353. The smallest absolute Gasteiger partial charge is 0.168 e. The van der Waals surface area contributed by atoms with Gasteiger partial charge in [-0.05, 0) is 40.2 Å². The molecule has 0 atom stereocenters. The van der Waals surface area contributed by atoms with Crippen molar-refractivity contribution in [2.24, 2.45) is 5.73 Å². The molecule has 2 rings (SSSR count). The zero-order chi connectivity index (χ0) is 12.3. The SMILES string of the molecule is NCc1cc(C(=O)Cc2ccc(Br)s2)ccn1. The Kier molecular flexibility index (Phi) is 4.04. The maximum Gasteiger partial charge on any atom is 0.168 e. The van der Waals surface area contributed by atoms with E-state index in [1.54, 1.807) is 29.7 Å². The quantitative estimate of drug-likeness (QED) is 0.883. The molecule has 0 aromatic carbocycles. The van der Waals surface area contributed by atoms with E-state index in [0.717, 1.165) is 14.4 Å². The van der Waals surface area contributed by atoms with Gasteiger partial charge in [-0.25, -0.2) is 0 Å². The fourth-order valence-electron chi connectivity index (χ4n) is 1.47. The second-order valence-corrected chi connectivity index (χ2v) is 6.09. The first-order valence-electron chi connectivity index (χ1n) is 5.11. The Morgan fingerprint density at radius 1 is 1.41 bits per heavy atom. The van der Waals surface area contributed by atoms with E-state index in [-0.39, 0.29) is 5.78 Å². The highest BCUT2D eigenvalue weighted by Gasteiger charge is 2.09. The molecule has 0 saturated carbocycles. The Labute approximate surface area is 112 Å². The summed E-state index contributed by atoms with van der Waals surface area (Å²) >= 11 is 4.96. The molecule has 0 amide bonds. The summed E-state index contributed by atoms with van der Waals surface area (Å²) in [5.41, 5.74) is 6.91. The average Bonchev–Trinajstić information content (AvgIpc) is 2.75. The summed E-state index contributed by atoms with van der Waals surface area (Å²) in [6, 6.07) is 7.39. The number of halogens is 1. The van der Waals surface area contributed by atoms with Crippen LogP contribution in [0.4, 0.5) is 0 Å². The number of nitrogens with zero attached hydrogens (tertiary/aromatic N) is 1. The minimum Gasteiger partial charge on any atom is -0.325 e. The van der Waals surface area contributed by atoms with Gasteiger partial charge in [0, 0.05) is 29.6 Å². The molecule has 0 bridgehead atoms. The average molecular weight is 311 g/mol. The van der Waals surface area contributed by atoms with Crippen LogP contribution >= 0.6 is 27.3 Å². The molecular formula is C12H11BrN2OS. The number of hydrogen-bond acceptors (Lipinski definition) is 4. The highest BCUT2D eigenvalue weighted by molar-refractivity contribution is 9.11. The lowest BCUT2D eigenvalue weighted by molar-refractivity contribution is 0.0993. The first kappa shape index (κ1) is 12.4. The number of pyridine rings is 1. The van der Waals surface area contributed by atoms with Crippen LogP contribution < -0.4 is 5.73 Å². The molecule has 0 aliphatic carbocycles. The van der Waals surface area contributed by atoms with Crippen molar-refractivity contribution in [3.63, 3.8) is 0 Å². The van der Waals surface area contributed by atoms with E-state index in [4.69, 9.17) is 5.73 Å². The van der Waals surface area contributed by atoms with Gasteiger partial charge < -0.3 is 5.73 Å². The van der Waals surface area contributed by atoms with Gasteiger partial charge in [0.1, 0.15) is 0 Å². The topological polar surface area (TPSA) is 56.0 Å². The molecule has 0 fully saturated rings. The maximum absolute atomic E-state index is 12.0. The molecular weight excluding hydrogens is 300 g/mol. The summed E-state index contributed by atoms with van der Waals surface area (Å²) in [5, 5.41) is 0. The van der Waals surface area contributed by atoms with E-state index in [9.17, 15) is 4.79 Å². The molecule has 2 heterocycles. The highest BCUT2D eigenvalue weighted by Crippen LogP contribution is 2.23. The predicted octanol–water partition coefficient (Wildman–Crippen LogP) is 2.79. The Morgan fingerprint density at radius 2 is 2.24 bits per heavy atom. The lowest BCUT2D eigenvalue weighted by Crippen LogP contribution is -2.06. The second-order valence-electron chi connectivity index (χ2n) is 3.55. The molecule has 3 nitrogen and oxygen atoms in total.